The number of thiazole rings is 1. The van der Waals surface area contributed by atoms with Gasteiger partial charge in [-0.25, -0.2) is 15.0 Å². The molecular formula is C19H15N5OS. The minimum atomic E-state index is -0.0370. The van der Waals surface area contributed by atoms with Crippen LogP contribution in [-0.2, 0) is 4.79 Å². The van der Waals surface area contributed by atoms with Gasteiger partial charge in [-0.3, -0.25) is 4.79 Å². The van der Waals surface area contributed by atoms with Gasteiger partial charge in [0.15, 0.2) is 5.82 Å². The number of likely N-dealkylation sites (N-methyl/N-ethyl adjacent to an activating group) is 1. The number of fused-ring (bicyclic) bond motifs is 1. The molecule has 3 aromatic rings. The lowest BCUT2D eigenvalue weighted by Crippen LogP contribution is -2.21. The molecular weight excluding hydrogens is 346 g/mol. The van der Waals surface area contributed by atoms with Crippen molar-refractivity contribution in [2.24, 2.45) is 0 Å². The number of rotatable bonds is 1. The first-order valence-electron chi connectivity index (χ1n) is 7.98. The molecule has 0 atom stereocenters. The number of hydrogen-bond acceptors (Lipinski definition) is 6. The van der Waals surface area contributed by atoms with Crippen molar-refractivity contribution in [1.29, 1.82) is 0 Å². The second-order valence-corrected chi connectivity index (χ2v) is 6.99. The summed E-state index contributed by atoms with van der Waals surface area (Å²) in [5, 5.41) is 0.823. The van der Waals surface area contributed by atoms with Gasteiger partial charge in [-0.05, 0) is 30.7 Å². The Morgan fingerprint density at radius 2 is 2.12 bits per heavy atom. The molecule has 3 heterocycles. The highest BCUT2D eigenvalue weighted by Gasteiger charge is 2.18. The number of benzene rings is 1. The van der Waals surface area contributed by atoms with Crippen LogP contribution in [0, 0.1) is 18.8 Å². The Morgan fingerprint density at radius 1 is 1.27 bits per heavy atom. The number of nitrogens with two attached hydrogens (primary N) is 1. The predicted octanol–water partition coefficient (Wildman–Crippen LogP) is 2.39. The summed E-state index contributed by atoms with van der Waals surface area (Å²) in [5.74, 6) is 6.39. The fourth-order valence-electron chi connectivity index (χ4n) is 2.66. The smallest absolute Gasteiger partial charge is 0.262 e. The van der Waals surface area contributed by atoms with E-state index in [2.05, 4.69) is 26.8 Å². The molecule has 0 radical (unpaired) electrons. The van der Waals surface area contributed by atoms with E-state index in [0.29, 0.717) is 23.5 Å². The highest BCUT2D eigenvalue weighted by molar-refractivity contribution is 7.21. The largest absolute Gasteiger partial charge is 0.382 e. The van der Waals surface area contributed by atoms with Crippen LogP contribution < -0.4 is 5.73 Å². The molecule has 0 saturated carbocycles. The molecule has 7 heteroatoms. The summed E-state index contributed by atoms with van der Waals surface area (Å²) in [4.78, 5) is 27.1. The van der Waals surface area contributed by atoms with E-state index in [1.54, 1.807) is 11.9 Å². The topological polar surface area (TPSA) is 85.0 Å². The Balaban J connectivity index is 1.73. The first-order valence-corrected chi connectivity index (χ1v) is 8.80. The first kappa shape index (κ1) is 16.2. The normalized spacial score (nSPS) is 13.7. The summed E-state index contributed by atoms with van der Waals surface area (Å²) < 4.78 is 0. The fourth-order valence-corrected chi connectivity index (χ4v) is 3.66. The van der Waals surface area contributed by atoms with Gasteiger partial charge in [-0.1, -0.05) is 29.2 Å². The lowest BCUT2D eigenvalue weighted by Gasteiger charge is -2.05. The highest BCUT2D eigenvalue weighted by atomic mass is 32.1. The van der Waals surface area contributed by atoms with Crippen LogP contribution in [0.3, 0.4) is 0 Å². The summed E-state index contributed by atoms with van der Waals surface area (Å²) in [6.07, 6.45) is 3.29. The SMILES string of the molecule is Cc1ccc(C#CC2=CCN(C)C2=O)cc1-c1nc2c(N)ncnc2s1. The van der Waals surface area contributed by atoms with Crippen LogP contribution in [0.2, 0.25) is 0 Å². The van der Waals surface area contributed by atoms with Crippen molar-refractivity contribution >= 4 is 33.4 Å². The number of nitrogens with zero attached hydrogens (tertiary/aromatic N) is 4. The highest BCUT2D eigenvalue weighted by Crippen LogP contribution is 2.32. The molecule has 6 nitrogen and oxygen atoms in total. The van der Waals surface area contributed by atoms with Crippen molar-refractivity contribution in [2.75, 3.05) is 19.3 Å². The van der Waals surface area contributed by atoms with Gasteiger partial charge in [-0.2, -0.15) is 0 Å². The van der Waals surface area contributed by atoms with E-state index in [9.17, 15) is 4.79 Å². The number of carbonyl (C=O) groups is 1. The second kappa shape index (κ2) is 6.24. The molecule has 0 spiro atoms. The van der Waals surface area contributed by atoms with E-state index in [0.717, 1.165) is 26.5 Å². The van der Waals surface area contributed by atoms with E-state index in [-0.39, 0.29) is 5.91 Å². The summed E-state index contributed by atoms with van der Waals surface area (Å²) in [7, 11) is 1.76. The van der Waals surface area contributed by atoms with Crippen LogP contribution >= 0.6 is 11.3 Å². The van der Waals surface area contributed by atoms with Crippen molar-refractivity contribution in [3.8, 4) is 22.4 Å². The zero-order chi connectivity index (χ0) is 18.3. The summed E-state index contributed by atoms with van der Waals surface area (Å²) in [6, 6.07) is 5.92. The number of hydrogen-bond donors (Lipinski definition) is 1. The molecule has 2 N–H and O–H groups in total. The molecule has 4 rings (SSSR count). The standard InChI is InChI=1S/C19H15N5OS/c1-11-3-4-12(5-6-13-7-8-24(2)19(13)25)9-14(11)17-23-15-16(20)21-10-22-18(15)26-17/h3-4,7,9-10H,8H2,1-2H3,(H2,20,21,22). The number of anilines is 1. The average Bonchev–Trinajstić information content (AvgIpc) is 3.20. The third-order valence-electron chi connectivity index (χ3n) is 4.18. The number of amides is 1. The molecule has 1 amide bonds. The predicted molar refractivity (Wildman–Crippen MR) is 102 cm³/mol. The summed E-state index contributed by atoms with van der Waals surface area (Å²) in [5.41, 5.74) is 9.93. The van der Waals surface area contributed by atoms with Crippen LogP contribution in [0.15, 0.2) is 36.2 Å². The van der Waals surface area contributed by atoms with Gasteiger partial charge in [0.2, 0.25) is 0 Å². The van der Waals surface area contributed by atoms with E-state index in [1.165, 1.54) is 17.7 Å². The molecule has 0 fully saturated rings. The van der Waals surface area contributed by atoms with Crippen LogP contribution in [-0.4, -0.2) is 39.4 Å². The Labute approximate surface area is 154 Å². The lowest BCUT2D eigenvalue weighted by atomic mass is 10.1. The van der Waals surface area contributed by atoms with Gasteiger partial charge in [0.05, 0.1) is 5.57 Å². The van der Waals surface area contributed by atoms with Crippen LogP contribution in [0.25, 0.3) is 20.9 Å². The van der Waals surface area contributed by atoms with Crippen molar-refractivity contribution in [2.45, 2.75) is 6.92 Å². The fraction of sp³-hybridized carbons (Fsp3) is 0.158. The van der Waals surface area contributed by atoms with Crippen molar-refractivity contribution in [1.82, 2.24) is 19.9 Å². The summed E-state index contributed by atoms with van der Waals surface area (Å²) in [6.45, 7) is 2.63. The molecule has 0 saturated heterocycles. The quantitative estimate of drug-likeness (QED) is 0.673. The third kappa shape index (κ3) is 2.80. The molecule has 1 aliphatic heterocycles. The van der Waals surface area contributed by atoms with Gasteiger partial charge in [0.1, 0.15) is 21.7 Å². The molecule has 2 aromatic heterocycles. The second-order valence-electron chi connectivity index (χ2n) is 6.01. The van der Waals surface area contributed by atoms with Crippen LogP contribution in [0.4, 0.5) is 5.82 Å². The number of aromatic nitrogens is 3. The maximum absolute atomic E-state index is 11.9. The van der Waals surface area contributed by atoms with Gasteiger partial charge >= 0.3 is 0 Å². The van der Waals surface area contributed by atoms with Crippen molar-refractivity contribution in [3.05, 3.63) is 47.3 Å². The average molecular weight is 361 g/mol. The van der Waals surface area contributed by atoms with Crippen molar-refractivity contribution < 1.29 is 4.79 Å². The Morgan fingerprint density at radius 3 is 2.85 bits per heavy atom. The maximum atomic E-state index is 11.9. The number of aryl methyl sites for hydroxylation is 1. The first-order chi connectivity index (χ1) is 12.5. The van der Waals surface area contributed by atoms with Crippen LogP contribution in [0.1, 0.15) is 11.1 Å². The van der Waals surface area contributed by atoms with E-state index < -0.39 is 0 Å². The Hall–Kier alpha value is -3.24. The third-order valence-corrected chi connectivity index (χ3v) is 5.18. The monoisotopic (exact) mass is 361 g/mol. The molecule has 26 heavy (non-hydrogen) atoms. The number of nitrogen functional groups attached to an aromatic ring is 1. The molecule has 0 aliphatic carbocycles. The summed E-state index contributed by atoms with van der Waals surface area (Å²) >= 11 is 1.47. The lowest BCUT2D eigenvalue weighted by molar-refractivity contribution is -0.123. The van der Waals surface area contributed by atoms with E-state index >= 15 is 0 Å². The zero-order valence-corrected chi connectivity index (χ0v) is 15.1. The molecule has 0 bridgehead atoms. The molecule has 1 aromatic carbocycles. The maximum Gasteiger partial charge on any atom is 0.262 e. The molecule has 128 valence electrons. The zero-order valence-electron chi connectivity index (χ0n) is 14.3. The molecule has 1 aliphatic rings. The molecule has 0 unspecified atom stereocenters. The Kier molecular flexibility index (Phi) is 3.90. The van der Waals surface area contributed by atoms with Gasteiger partial charge in [0.25, 0.3) is 5.91 Å². The minimum absolute atomic E-state index is 0.0370. The Bertz CT molecular complexity index is 1140. The van der Waals surface area contributed by atoms with Gasteiger partial charge in [0, 0.05) is 24.7 Å². The number of carbonyl (C=O) groups excluding carboxylic acids is 1. The van der Waals surface area contributed by atoms with Crippen molar-refractivity contribution in [3.63, 3.8) is 0 Å². The van der Waals surface area contributed by atoms with Gasteiger partial charge < -0.3 is 10.6 Å². The van der Waals surface area contributed by atoms with Gasteiger partial charge in [-0.15, -0.1) is 0 Å². The van der Waals surface area contributed by atoms with E-state index in [4.69, 9.17) is 5.73 Å². The minimum Gasteiger partial charge on any atom is -0.382 e. The van der Waals surface area contributed by atoms with E-state index in [1.807, 2.05) is 31.2 Å². The van der Waals surface area contributed by atoms with Crippen LogP contribution in [0.5, 0.6) is 0 Å².